The molecular weight excluding hydrogens is 360 g/mol. The van der Waals surface area contributed by atoms with Crippen molar-refractivity contribution < 1.29 is 14.1 Å². The molecule has 3 aromatic rings. The molecule has 1 aromatic heterocycles. The predicted octanol–water partition coefficient (Wildman–Crippen LogP) is 3.38. The molecular formula is C18H11ClN2O5. The molecule has 4 rings (SSSR count). The lowest BCUT2D eigenvalue weighted by molar-refractivity contribution is -0.432. The summed E-state index contributed by atoms with van der Waals surface area (Å²) >= 11 is 5.91. The van der Waals surface area contributed by atoms with Crippen molar-refractivity contribution in [1.82, 2.24) is 0 Å². The fourth-order valence-corrected chi connectivity index (χ4v) is 3.24. The van der Waals surface area contributed by atoms with E-state index in [-0.39, 0.29) is 17.2 Å². The van der Waals surface area contributed by atoms with Crippen molar-refractivity contribution in [3.8, 4) is 5.75 Å². The molecule has 7 nitrogen and oxygen atoms in total. The highest BCUT2D eigenvalue weighted by Gasteiger charge is 2.42. The van der Waals surface area contributed by atoms with E-state index in [4.69, 9.17) is 26.5 Å². The van der Waals surface area contributed by atoms with Crippen LogP contribution in [-0.2, 0) is 0 Å². The van der Waals surface area contributed by atoms with Gasteiger partial charge in [-0.1, -0.05) is 35.9 Å². The first-order valence-electron chi connectivity index (χ1n) is 7.60. The standard InChI is InChI=1S/C18H11ClN2O5/c19-10-7-5-9(6-8-10)13-14-16(26-17(20)15(13)21(23)24)11-3-1-2-4-12(11)25-18(14)22/h1-8,13H,20H2/t13-/m1/s1. The molecule has 2 heterocycles. The van der Waals surface area contributed by atoms with Crippen molar-refractivity contribution in [2.75, 3.05) is 0 Å². The van der Waals surface area contributed by atoms with Crippen molar-refractivity contribution >= 4 is 22.6 Å². The number of hydrogen-bond donors (Lipinski definition) is 1. The maximum atomic E-state index is 12.6. The Morgan fingerprint density at radius 3 is 2.50 bits per heavy atom. The molecule has 0 amide bonds. The Balaban J connectivity index is 2.08. The van der Waals surface area contributed by atoms with Gasteiger partial charge in [-0.2, -0.15) is 0 Å². The molecule has 1 atom stereocenters. The second kappa shape index (κ2) is 5.89. The van der Waals surface area contributed by atoms with Crippen LogP contribution in [0.25, 0.3) is 11.0 Å². The predicted molar refractivity (Wildman–Crippen MR) is 94.6 cm³/mol. The first kappa shape index (κ1) is 16.2. The molecule has 0 unspecified atom stereocenters. The van der Waals surface area contributed by atoms with E-state index in [2.05, 4.69) is 0 Å². The number of halogens is 1. The van der Waals surface area contributed by atoms with E-state index in [0.29, 0.717) is 21.6 Å². The molecule has 26 heavy (non-hydrogen) atoms. The van der Waals surface area contributed by atoms with Crippen molar-refractivity contribution in [3.05, 3.63) is 96.8 Å². The van der Waals surface area contributed by atoms with Gasteiger partial charge in [0.2, 0.25) is 0 Å². The summed E-state index contributed by atoms with van der Waals surface area (Å²) in [5.74, 6) is -1.23. The number of benzene rings is 2. The molecule has 130 valence electrons. The Labute approximate surface area is 151 Å². The highest BCUT2D eigenvalue weighted by atomic mass is 35.5. The minimum Gasteiger partial charge on any atom is -0.434 e. The van der Waals surface area contributed by atoms with Gasteiger partial charge in [-0.25, -0.2) is 4.79 Å². The van der Waals surface area contributed by atoms with Crippen LogP contribution in [0.5, 0.6) is 5.75 Å². The Morgan fingerprint density at radius 1 is 1.12 bits per heavy atom. The highest BCUT2D eigenvalue weighted by Crippen LogP contribution is 2.43. The van der Waals surface area contributed by atoms with Gasteiger partial charge in [-0.05, 0) is 29.8 Å². The maximum Gasteiger partial charge on any atom is 0.344 e. The van der Waals surface area contributed by atoms with Gasteiger partial charge in [0.25, 0.3) is 5.88 Å². The molecule has 0 spiro atoms. The summed E-state index contributed by atoms with van der Waals surface area (Å²) in [5, 5.41) is 12.6. The van der Waals surface area contributed by atoms with Crippen LogP contribution in [-0.4, -0.2) is 4.92 Å². The lowest BCUT2D eigenvalue weighted by Gasteiger charge is -2.24. The summed E-state index contributed by atoms with van der Waals surface area (Å²) in [7, 11) is 0. The number of nitrogens with two attached hydrogens (primary N) is 1. The lowest BCUT2D eigenvalue weighted by atomic mass is 9.87. The number of nitro groups is 1. The topological polar surface area (TPSA) is 109 Å². The quantitative estimate of drug-likeness (QED) is 0.421. The van der Waals surface area contributed by atoms with Gasteiger partial charge in [0.05, 0.1) is 15.9 Å². The average Bonchev–Trinajstić information content (AvgIpc) is 2.61. The third-order valence-electron chi connectivity index (χ3n) is 4.23. The number of hydrogen-bond acceptors (Lipinski definition) is 6. The van der Waals surface area contributed by atoms with Gasteiger partial charge in [0.1, 0.15) is 11.5 Å². The van der Waals surface area contributed by atoms with E-state index in [0.717, 1.165) is 0 Å². The van der Waals surface area contributed by atoms with Crippen molar-refractivity contribution in [3.63, 3.8) is 0 Å². The minimum absolute atomic E-state index is 0.0342. The Hall–Kier alpha value is -3.32. The zero-order chi connectivity index (χ0) is 18.4. The van der Waals surface area contributed by atoms with Crippen LogP contribution >= 0.6 is 11.6 Å². The lowest BCUT2D eigenvalue weighted by Crippen LogP contribution is -2.29. The van der Waals surface area contributed by atoms with E-state index in [1.807, 2.05) is 0 Å². The van der Waals surface area contributed by atoms with E-state index in [9.17, 15) is 14.9 Å². The molecule has 1 aliphatic heterocycles. The second-order valence-corrected chi connectivity index (χ2v) is 6.16. The molecule has 2 aromatic carbocycles. The van der Waals surface area contributed by atoms with Gasteiger partial charge in [0.15, 0.2) is 5.75 Å². The third-order valence-corrected chi connectivity index (χ3v) is 4.48. The molecule has 0 fully saturated rings. The van der Waals surface area contributed by atoms with E-state index < -0.39 is 22.2 Å². The summed E-state index contributed by atoms with van der Waals surface area (Å²) < 4.78 is 10.9. The zero-order valence-electron chi connectivity index (χ0n) is 13.1. The van der Waals surface area contributed by atoms with Crippen molar-refractivity contribution in [2.24, 2.45) is 5.73 Å². The fraction of sp³-hybridized carbons (Fsp3) is 0.0556. The van der Waals surface area contributed by atoms with Crippen LogP contribution in [0.4, 0.5) is 0 Å². The molecule has 8 heteroatoms. The van der Waals surface area contributed by atoms with Crippen LogP contribution < -0.4 is 16.1 Å². The van der Waals surface area contributed by atoms with Crippen molar-refractivity contribution in [1.29, 1.82) is 0 Å². The summed E-state index contributed by atoms with van der Waals surface area (Å²) in [6.45, 7) is 0. The summed E-state index contributed by atoms with van der Waals surface area (Å²) in [6.07, 6.45) is 0. The SMILES string of the molecule is NC1=C([N+](=O)[O-])[C@H](c2ccc(Cl)cc2)c2c(c3ccccc3oc2=O)O1. The van der Waals surface area contributed by atoms with Crippen molar-refractivity contribution in [2.45, 2.75) is 5.92 Å². The first-order valence-corrected chi connectivity index (χ1v) is 7.98. The average molecular weight is 371 g/mol. The summed E-state index contributed by atoms with van der Waals surface area (Å²) in [4.78, 5) is 23.6. The monoisotopic (exact) mass is 370 g/mol. The molecule has 2 N–H and O–H groups in total. The van der Waals surface area contributed by atoms with E-state index in [1.165, 1.54) is 0 Å². The number of rotatable bonds is 2. The largest absolute Gasteiger partial charge is 0.434 e. The zero-order valence-corrected chi connectivity index (χ0v) is 13.9. The van der Waals surface area contributed by atoms with Gasteiger partial charge < -0.3 is 14.9 Å². The van der Waals surface area contributed by atoms with Gasteiger partial charge in [-0.3, -0.25) is 10.1 Å². The van der Waals surface area contributed by atoms with Crippen LogP contribution in [0.1, 0.15) is 17.0 Å². The molecule has 1 aliphatic rings. The van der Waals surface area contributed by atoms with Crippen LogP contribution in [0.2, 0.25) is 5.02 Å². The summed E-state index contributed by atoms with van der Waals surface area (Å²) in [6, 6.07) is 13.1. The molecule has 0 aliphatic carbocycles. The van der Waals surface area contributed by atoms with Gasteiger partial charge >= 0.3 is 11.3 Å². The van der Waals surface area contributed by atoms with E-state index in [1.54, 1.807) is 48.5 Å². The summed E-state index contributed by atoms with van der Waals surface area (Å²) in [5.41, 5.74) is 5.54. The van der Waals surface area contributed by atoms with Gasteiger partial charge in [-0.15, -0.1) is 0 Å². The molecule has 0 bridgehead atoms. The number of nitrogens with zero attached hydrogens (tertiary/aromatic N) is 1. The Bertz CT molecular complexity index is 1130. The smallest absolute Gasteiger partial charge is 0.344 e. The normalized spacial score (nSPS) is 16.3. The van der Waals surface area contributed by atoms with Crippen LogP contribution in [0.3, 0.4) is 0 Å². The van der Waals surface area contributed by atoms with Crippen LogP contribution in [0, 0.1) is 10.1 Å². The molecule has 0 saturated heterocycles. The molecule has 0 saturated carbocycles. The fourth-order valence-electron chi connectivity index (χ4n) is 3.11. The van der Waals surface area contributed by atoms with E-state index >= 15 is 0 Å². The number of allylic oxidation sites excluding steroid dienone is 1. The number of para-hydroxylation sites is 1. The minimum atomic E-state index is -1.04. The Kier molecular flexibility index (Phi) is 3.66. The maximum absolute atomic E-state index is 12.6. The molecule has 0 radical (unpaired) electrons. The Morgan fingerprint density at radius 2 is 1.81 bits per heavy atom. The second-order valence-electron chi connectivity index (χ2n) is 5.72. The van der Waals surface area contributed by atoms with Gasteiger partial charge in [0, 0.05) is 5.02 Å². The third kappa shape index (κ3) is 2.41. The number of ether oxygens (including phenoxy) is 1. The first-order chi connectivity index (χ1) is 12.5. The van der Waals surface area contributed by atoms with Crippen LogP contribution in [0.15, 0.2) is 69.3 Å². The highest BCUT2D eigenvalue weighted by molar-refractivity contribution is 6.30. The number of fused-ring (bicyclic) bond motifs is 3.